The molecule has 0 N–H and O–H groups in total. The van der Waals surface area contributed by atoms with Gasteiger partial charge in [0, 0.05) is 12.6 Å². The SMILES string of the molecule is COC(=O)[C@H]1CCN(Cc2cc(C(F)(F)F)ccc2C(F)(F)F)[C@@H](c2ccc(C(F)(F)F)cc2)C1. The van der Waals surface area contributed by atoms with Crippen LogP contribution in [-0.2, 0) is 34.6 Å². The molecule has 1 aliphatic heterocycles. The van der Waals surface area contributed by atoms with Gasteiger partial charge in [-0.2, -0.15) is 39.5 Å². The zero-order chi connectivity index (χ0) is 26.2. The normalized spacial score (nSPS) is 20.1. The van der Waals surface area contributed by atoms with Gasteiger partial charge in [0.25, 0.3) is 0 Å². The van der Waals surface area contributed by atoms with Crippen molar-refractivity contribution in [2.24, 2.45) is 5.92 Å². The van der Waals surface area contributed by atoms with Crippen LogP contribution in [0, 0.1) is 5.92 Å². The van der Waals surface area contributed by atoms with Gasteiger partial charge in [0.15, 0.2) is 0 Å². The molecular formula is C23H20F9NO2. The fourth-order valence-electron chi connectivity index (χ4n) is 4.22. The maximum atomic E-state index is 13.6. The van der Waals surface area contributed by atoms with Crippen molar-refractivity contribution in [3.05, 3.63) is 70.3 Å². The molecular weight excluding hydrogens is 493 g/mol. The Kier molecular flexibility index (Phi) is 7.45. The van der Waals surface area contributed by atoms with Crippen molar-refractivity contribution in [2.75, 3.05) is 13.7 Å². The summed E-state index contributed by atoms with van der Waals surface area (Å²) in [5.41, 5.74) is -3.78. The molecule has 0 bridgehead atoms. The van der Waals surface area contributed by atoms with Gasteiger partial charge in [-0.25, -0.2) is 0 Å². The Morgan fingerprint density at radius 1 is 0.886 bits per heavy atom. The number of carbonyl (C=O) groups is 1. The number of halogens is 9. The summed E-state index contributed by atoms with van der Waals surface area (Å²) in [5, 5.41) is 0. The van der Waals surface area contributed by atoms with Crippen molar-refractivity contribution in [2.45, 2.75) is 44.0 Å². The van der Waals surface area contributed by atoms with Crippen LogP contribution in [0.15, 0.2) is 42.5 Å². The summed E-state index contributed by atoms with van der Waals surface area (Å²) >= 11 is 0. The van der Waals surface area contributed by atoms with Crippen LogP contribution in [0.2, 0.25) is 0 Å². The Bertz CT molecular complexity index is 1040. The predicted molar refractivity (Wildman–Crippen MR) is 106 cm³/mol. The lowest BCUT2D eigenvalue weighted by atomic mass is 9.86. The molecule has 0 unspecified atom stereocenters. The number of benzene rings is 2. The van der Waals surface area contributed by atoms with E-state index in [1.54, 1.807) is 0 Å². The summed E-state index contributed by atoms with van der Waals surface area (Å²) in [7, 11) is 1.15. The Balaban J connectivity index is 2.01. The Labute approximate surface area is 194 Å². The molecule has 35 heavy (non-hydrogen) atoms. The van der Waals surface area contributed by atoms with Crippen LogP contribution in [0.1, 0.15) is 46.7 Å². The van der Waals surface area contributed by atoms with Crippen molar-refractivity contribution in [3.8, 4) is 0 Å². The number of ether oxygens (including phenoxy) is 1. The van der Waals surface area contributed by atoms with Crippen LogP contribution in [0.5, 0.6) is 0 Å². The van der Waals surface area contributed by atoms with Crippen LogP contribution in [0.25, 0.3) is 0 Å². The lowest BCUT2D eigenvalue weighted by Crippen LogP contribution is -2.39. The van der Waals surface area contributed by atoms with Gasteiger partial charge < -0.3 is 4.74 Å². The van der Waals surface area contributed by atoms with Gasteiger partial charge in [-0.05, 0) is 60.8 Å². The van der Waals surface area contributed by atoms with Crippen LogP contribution in [-0.4, -0.2) is 24.5 Å². The largest absolute Gasteiger partial charge is 0.469 e. The van der Waals surface area contributed by atoms with E-state index in [1.165, 1.54) is 4.90 Å². The van der Waals surface area contributed by atoms with E-state index in [1.807, 2.05) is 0 Å². The van der Waals surface area contributed by atoms with Gasteiger partial charge in [0.05, 0.1) is 29.7 Å². The van der Waals surface area contributed by atoms with Gasteiger partial charge in [0.2, 0.25) is 0 Å². The van der Waals surface area contributed by atoms with E-state index >= 15 is 0 Å². The van der Waals surface area contributed by atoms with Crippen molar-refractivity contribution in [3.63, 3.8) is 0 Å². The number of esters is 1. The molecule has 1 aliphatic rings. The minimum atomic E-state index is -4.92. The molecule has 2 aromatic carbocycles. The predicted octanol–water partition coefficient (Wildman–Crippen LogP) is 6.87. The van der Waals surface area contributed by atoms with E-state index in [-0.39, 0.29) is 24.9 Å². The Hall–Kier alpha value is -2.76. The second-order valence-electron chi connectivity index (χ2n) is 8.22. The summed E-state index contributed by atoms with van der Waals surface area (Å²) in [6, 6.07) is 4.23. The minimum Gasteiger partial charge on any atom is -0.469 e. The van der Waals surface area contributed by atoms with E-state index in [4.69, 9.17) is 4.74 Å². The number of hydrogen-bond acceptors (Lipinski definition) is 3. The number of piperidine rings is 1. The van der Waals surface area contributed by atoms with Crippen LogP contribution < -0.4 is 0 Å². The second-order valence-corrected chi connectivity index (χ2v) is 8.22. The third-order valence-electron chi connectivity index (χ3n) is 5.98. The molecule has 2 aromatic rings. The van der Waals surface area contributed by atoms with Crippen LogP contribution in [0.4, 0.5) is 39.5 Å². The number of alkyl halides is 9. The molecule has 1 saturated heterocycles. The average molecular weight is 513 g/mol. The monoisotopic (exact) mass is 513 g/mol. The van der Waals surface area contributed by atoms with Crippen molar-refractivity contribution >= 4 is 5.97 Å². The van der Waals surface area contributed by atoms with Gasteiger partial charge >= 0.3 is 24.5 Å². The number of likely N-dealkylation sites (tertiary alicyclic amines) is 1. The zero-order valence-electron chi connectivity index (χ0n) is 18.2. The minimum absolute atomic E-state index is 0.0123. The topological polar surface area (TPSA) is 29.5 Å². The molecule has 0 amide bonds. The lowest BCUT2D eigenvalue weighted by Gasteiger charge is -2.39. The molecule has 0 aromatic heterocycles. The molecule has 1 fully saturated rings. The molecule has 3 rings (SSSR count). The van der Waals surface area contributed by atoms with Gasteiger partial charge in [0.1, 0.15) is 0 Å². The number of rotatable bonds is 4. The Morgan fingerprint density at radius 2 is 1.46 bits per heavy atom. The zero-order valence-corrected chi connectivity index (χ0v) is 18.2. The molecule has 0 aliphatic carbocycles. The van der Waals surface area contributed by atoms with Crippen molar-refractivity contribution in [1.82, 2.24) is 4.90 Å². The molecule has 192 valence electrons. The first-order valence-corrected chi connectivity index (χ1v) is 10.4. The molecule has 2 atom stereocenters. The highest BCUT2D eigenvalue weighted by molar-refractivity contribution is 5.72. The van der Waals surface area contributed by atoms with E-state index in [2.05, 4.69) is 0 Å². The summed E-state index contributed by atoms with van der Waals surface area (Å²) in [4.78, 5) is 13.5. The molecule has 0 spiro atoms. The number of nitrogens with zero attached hydrogens (tertiary/aromatic N) is 1. The molecule has 0 saturated carbocycles. The molecule has 0 radical (unpaired) electrons. The van der Waals surface area contributed by atoms with Crippen molar-refractivity contribution in [1.29, 1.82) is 0 Å². The second kappa shape index (κ2) is 9.71. The highest BCUT2D eigenvalue weighted by Crippen LogP contribution is 2.41. The summed E-state index contributed by atoms with van der Waals surface area (Å²) in [6.07, 6.45) is -14.2. The highest BCUT2D eigenvalue weighted by atomic mass is 19.4. The third-order valence-corrected chi connectivity index (χ3v) is 5.98. The standard InChI is InChI=1S/C23H20F9NO2/c1-35-20(34)14-8-9-33(19(11-14)13-2-4-16(5-3-13)21(24,25)26)12-15-10-17(22(27,28)29)6-7-18(15)23(30,31)32/h2-7,10,14,19H,8-9,11-12H2,1H3/t14-,19+/m0/s1. The fraction of sp³-hybridized carbons (Fsp3) is 0.435. The quantitative estimate of drug-likeness (QED) is 0.330. The van der Waals surface area contributed by atoms with E-state index in [9.17, 15) is 44.3 Å². The molecule has 12 heteroatoms. The summed E-state index contributed by atoms with van der Waals surface area (Å²) < 4.78 is 124. The molecule has 1 heterocycles. The number of methoxy groups -OCH3 is 1. The smallest absolute Gasteiger partial charge is 0.416 e. The first-order chi connectivity index (χ1) is 16.1. The fourth-order valence-corrected chi connectivity index (χ4v) is 4.22. The van der Waals surface area contributed by atoms with Gasteiger partial charge in [-0.3, -0.25) is 9.69 Å². The Morgan fingerprint density at radius 3 is 1.97 bits per heavy atom. The van der Waals surface area contributed by atoms with Gasteiger partial charge in [-0.1, -0.05) is 12.1 Å². The van der Waals surface area contributed by atoms with E-state index in [0.717, 1.165) is 31.4 Å². The maximum absolute atomic E-state index is 13.6. The number of carbonyl (C=O) groups excluding carboxylic acids is 1. The summed E-state index contributed by atoms with van der Waals surface area (Å²) in [6.45, 7) is -0.544. The van der Waals surface area contributed by atoms with Crippen LogP contribution >= 0.6 is 0 Å². The third kappa shape index (κ3) is 6.28. The lowest BCUT2D eigenvalue weighted by molar-refractivity contribution is -0.148. The average Bonchev–Trinajstić information content (AvgIpc) is 2.77. The highest BCUT2D eigenvalue weighted by Gasteiger charge is 2.40. The first-order valence-electron chi connectivity index (χ1n) is 10.4. The maximum Gasteiger partial charge on any atom is 0.416 e. The summed E-state index contributed by atoms with van der Waals surface area (Å²) in [5.74, 6) is -1.26. The van der Waals surface area contributed by atoms with E-state index < -0.39 is 65.3 Å². The number of hydrogen-bond donors (Lipinski definition) is 0. The van der Waals surface area contributed by atoms with E-state index in [0.29, 0.717) is 18.2 Å². The van der Waals surface area contributed by atoms with Crippen LogP contribution in [0.3, 0.4) is 0 Å². The van der Waals surface area contributed by atoms with Crippen molar-refractivity contribution < 1.29 is 49.0 Å². The molecule has 3 nitrogen and oxygen atoms in total. The van der Waals surface area contributed by atoms with Gasteiger partial charge in [-0.15, -0.1) is 0 Å². The first kappa shape index (κ1) is 26.8.